The van der Waals surface area contributed by atoms with Gasteiger partial charge in [0.1, 0.15) is 0 Å². The Kier molecular flexibility index (Phi) is 3.63. The van der Waals surface area contributed by atoms with Crippen LogP contribution in [0.1, 0.15) is 6.42 Å². The summed E-state index contributed by atoms with van der Waals surface area (Å²) in [6, 6.07) is 7.63. The number of aromatic nitrogens is 1. The third kappa shape index (κ3) is 2.64. The van der Waals surface area contributed by atoms with Crippen molar-refractivity contribution in [2.75, 3.05) is 18.0 Å². The largest absolute Gasteiger partial charge is 0.481 e. The highest BCUT2D eigenvalue weighted by molar-refractivity contribution is 7.18. The van der Waals surface area contributed by atoms with Crippen LogP contribution in [0.2, 0.25) is 5.02 Å². The highest BCUT2D eigenvalue weighted by Crippen LogP contribution is 2.34. The maximum atomic E-state index is 11.0. The number of carbonyl (C=O) groups is 1. The molecule has 3 rings (SSSR count). The van der Waals surface area contributed by atoms with Gasteiger partial charge in [0.15, 0.2) is 5.13 Å². The Morgan fingerprint density at radius 3 is 2.80 bits per heavy atom. The van der Waals surface area contributed by atoms with Crippen molar-refractivity contribution in [1.29, 1.82) is 0 Å². The molecular weight excluding hydrogens is 296 g/mol. The quantitative estimate of drug-likeness (QED) is 0.944. The number of thiazole rings is 1. The van der Waals surface area contributed by atoms with Gasteiger partial charge in [0, 0.05) is 24.3 Å². The molecule has 2 aromatic rings. The van der Waals surface area contributed by atoms with Crippen LogP contribution in [0.3, 0.4) is 0 Å². The zero-order valence-corrected chi connectivity index (χ0v) is 12.2. The molecule has 0 spiro atoms. The van der Waals surface area contributed by atoms with Crippen LogP contribution in [-0.4, -0.2) is 29.1 Å². The molecule has 0 aliphatic carbocycles. The van der Waals surface area contributed by atoms with E-state index in [1.165, 1.54) is 0 Å². The Hall–Kier alpha value is -1.59. The first kappa shape index (κ1) is 13.4. The van der Waals surface area contributed by atoms with Crippen molar-refractivity contribution in [3.63, 3.8) is 0 Å². The molecule has 104 valence electrons. The van der Waals surface area contributed by atoms with E-state index in [4.69, 9.17) is 16.7 Å². The summed E-state index contributed by atoms with van der Waals surface area (Å²) in [5, 5.41) is 10.6. The van der Waals surface area contributed by atoms with Crippen LogP contribution < -0.4 is 4.90 Å². The van der Waals surface area contributed by atoms with Crippen molar-refractivity contribution < 1.29 is 9.90 Å². The van der Waals surface area contributed by atoms with Gasteiger partial charge in [-0.15, -0.1) is 0 Å². The maximum Gasteiger partial charge on any atom is 0.308 e. The molecule has 1 N–H and O–H groups in total. The zero-order valence-electron chi connectivity index (χ0n) is 10.6. The van der Waals surface area contributed by atoms with Gasteiger partial charge in [-0.2, -0.15) is 0 Å². The SMILES string of the molecule is O=C(O)C1CCN(c2ncc(-c3ccc(Cl)cc3)s2)C1. The number of rotatable bonds is 3. The molecule has 4 nitrogen and oxygen atoms in total. The molecular formula is C14H13ClN2O2S. The second-order valence-electron chi connectivity index (χ2n) is 4.78. The van der Waals surface area contributed by atoms with Crippen LogP contribution in [0, 0.1) is 5.92 Å². The lowest BCUT2D eigenvalue weighted by Gasteiger charge is -2.13. The highest BCUT2D eigenvalue weighted by atomic mass is 35.5. The van der Waals surface area contributed by atoms with E-state index in [0.717, 1.165) is 22.1 Å². The van der Waals surface area contributed by atoms with Crippen molar-refractivity contribution in [2.45, 2.75) is 6.42 Å². The average Bonchev–Trinajstić information content (AvgIpc) is 3.08. The minimum absolute atomic E-state index is 0.280. The zero-order chi connectivity index (χ0) is 14.1. The third-order valence-electron chi connectivity index (χ3n) is 3.43. The summed E-state index contributed by atoms with van der Waals surface area (Å²) in [6.45, 7) is 1.30. The predicted molar refractivity (Wildman–Crippen MR) is 80.5 cm³/mol. The molecule has 1 aromatic heterocycles. The fraction of sp³-hybridized carbons (Fsp3) is 0.286. The molecule has 1 unspecified atom stereocenters. The minimum Gasteiger partial charge on any atom is -0.481 e. The summed E-state index contributed by atoms with van der Waals surface area (Å²) >= 11 is 7.46. The Morgan fingerprint density at radius 1 is 1.40 bits per heavy atom. The summed E-state index contributed by atoms with van der Waals surface area (Å²) in [5.74, 6) is -1.00. The summed E-state index contributed by atoms with van der Waals surface area (Å²) in [7, 11) is 0. The number of carboxylic acid groups (broad SMARTS) is 1. The van der Waals surface area contributed by atoms with Crippen LogP contribution >= 0.6 is 22.9 Å². The molecule has 0 saturated carbocycles. The molecule has 1 aliphatic heterocycles. The number of carboxylic acids is 1. The third-order valence-corrected chi connectivity index (χ3v) is 4.79. The first-order valence-corrected chi connectivity index (χ1v) is 7.52. The number of nitrogens with zero attached hydrogens (tertiary/aromatic N) is 2. The number of anilines is 1. The summed E-state index contributed by atoms with van der Waals surface area (Å²) in [6.07, 6.45) is 2.52. The molecule has 1 fully saturated rings. The molecule has 6 heteroatoms. The van der Waals surface area contributed by atoms with Gasteiger partial charge in [0.2, 0.25) is 0 Å². The van der Waals surface area contributed by atoms with Crippen LogP contribution in [0.4, 0.5) is 5.13 Å². The van der Waals surface area contributed by atoms with Crippen LogP contribution in [-0.2, 0) is 4.79 Å². The lowest BCUT2D eigenvalue weighted by molar-refractivity contribution is -0.140. The smallest absolute Gasteiger partial charge is 0.308 e. The van der Waals surface area contributed by atoms with Crippen molar-refractivity contribution >= 4 is 34.0 Å². The Labute approximate surface area is 125 Å². The molecule has 0 bridgehead atoms. The van der Waals surface area contributed by atoms with Gasteiger partial charge in [-0.1, -0.05) is 35.1 Å². The Balaban J connectivity index is 1.77. The van der Waals surface area contributed by atoms with E-state index in [1.807, 2.05) is 35.4 Å². The number of hydrogen-bond donors (Lipinski definition) is 1. The normalized spacial score (nSPS) is 18.4. The van der Waals surface area contributed by atoms with E-state index in [9.17, 15) is 4.79 Å². The monoisotopic (exact) mass is 308 g/mol. The summed E-state index contributed by atoms with van der Waals surface area (Å²) in [5.41, 5.74) is 1.08. The first-order valence-electron chi connectivity index (χ1n) is 6.33. The number of benzene rings is 1. The lowest BCUT2D eigenvalue weighted by atomic mass is 10.1. The van der Waals surface area contributed by atoms with E-state index in [1.54, 1.807) is 11.3 Å². The van der Waals surface area contributed by atoms with Crippen LogP contribution in [0.15, 0.2) is 30.5 Å². The van der Waals surface area contributed by atoms with Crippen molar-refractivity contribution in [3.05, 3.63) is 35.5 Å². The fourth-order valence-electron chi connectivity index (χ4n) is 2.29. The number of hydrogen-bond acceptors (Lipinski definition) is 4. The molecule has 20 heavy (non-hydrogen) atoms. The van der Waals surface area contributed by atoms with E-state index < -0.39 is 5.97 Å². The standard InChI is InChI=1S/C14H13ClN2O2S/c15-11-3-1-9(2-4-11)12-7-16-14(20-12)17-6-5-10(8-17)13(18)19/h1-4,7,10H,5-6,8H2,(H,18,19). The molecule has 2 heterocycles. The van der Waals surface area contributed by atoms with E-state index in [-0.39, 0.29) is 5.92 Å². The van der Waals surface area contributed by atoms with Gasteiger partial charge < -0.3 is 10.0 Å². The molecule has 1 saturated heterocycles. The Bertz CT molecular complexity index is 626. The molecule has 0 radical (unpaired) electrons. The lowest BCUT2D eigenvalue weighted by Crippen LogP contribution is -2.22. The average molecular weight is 309 g/mol. The topological polar surface area (TPSA) is 53.4 Å². The second kappa shape index (κ2) is 5.42. The molecule has 1 aromatic carbocycles. The van der Waals surface area contributed by atoms with E-state index in [2.05, 4.69) is 4.98 Å². The van der Waals surface area contributed by atoms with Gasteiger partial charge in [-0.05, 0) is 24.1 Å². The van der Waals surface area contributed by atoms with E-state index in [0.29, 0.717) is 18.0 Å². The summed E-state index contributed by atoms with van der Waals surface area (Å²) in [4.78, 5) is 18.5. The Morgan fingerprint density at radius 2 is 2.15 bits per heavy atom. The van der Waals surface area contributed by atoms with Gasteiger partial charge in [-0.3, -0.25) is 4.79 Å². The van der Waals surface area contributed by atoms with Crippen molar-refractivity contribution in [1.82, 2.24) is 4.98 Å². The number of halogens is 1. The molecule has 0 amide bonds. The van der Waals surface area contributed by atoms with Crippen molar-refractivity contribution in [3.8, 4) is 10.4 Å². The van der Waals surface area contributed by atoms with Gasteiger partial charge in [-0.25, -0.2) is 4.98 Å². The second-order valence-corrected chi connectivity index (χ2v) is 6.23. The maximum absolute atomic E-state index is 11.0. The summed E-state index contributed by atoms with van der Waals surface area (Å²) < 4.78 is 0. The fourth-order valence-corrected chi connectivity index (χ4v) is 3.38. The van der Waals surface area contributed by atoms with Gasteiger partial charge >= 0.3 is 5.97 Å². The first-order chi connectivity index (χ1) is 9.63. The molecule has 1 aliphatic rings. The van der Waals surface area contributed by atoms with E-state index >= 15 is 0 Å². The highest BCUT2D eigenvalue weighted by Gasteiger charge is 2.29. The van der Waals surface area contributed by atoms with Crippen molar-refractivity contribution in [2.24, 2.45) is 5.92 Å². The minimum atomic E-state index is -0.720. The van der Waals surface area contributed by atoms with Gasteiger partial charge in [0.05, 0.1) is 10.8 Å². The predicted octanol–water partition coefficient (Wildman–Crippen LogP) is 3.37. The van der Waals surface area contributed by atoms with Gasteiger partial charge in [0.25, 0.3) is 0 Å². The molecule has 1 atom stereocenters. The van der Waals surface area contributed by atoms with Crippen LogP contribution in [0.25, 0.3) is 10.4 Å². The number of aliphatic carboxylic acids is 1. The van der Waals surface area contributed by atoms with Crippen LogP contribution in [0.5, 0.6) is 0 Å².